The van der Waals surface area contributed by atoms with Gasteiger partial charge in [-0.05, 0) is 41.5 Å². The molecule has 1 saturated heterocycles. The summed E-state index contributed by atoms with van der Waals surface area (Å²) >= 11 is 4.92. The van der Waals surface area contributed by atoms with Gasteiger partial charge in [0, 0.05) is 35.7 Å². The second kappa shape index (κ2) is 6.52. The van der Waals surface area contributed by atoms with Gasteiger partial charge in [0.1, 0.15) is 11.6 Å². The van der Waals surface area contributed by atoms with Crippen LogP contribution >= 0.6 is 27.7 Å². The Labute approximate surface area is 124 Å². The molecule has 0 spiro atoms. The van der Waals surface area contributed by atoms with Crippen molar-refractivity contribution in [2.45, 2.75) is 18.5 Å². The number of nitrogens with zero attached hydrogens (tertiary/aromatic N) is 1. The van der Waals surface area contributed by atoms with E-state index in [9.17, 15) is 8.78 Å². The Morgan fingerprint density at radius 1 is 1.53 bits per heavy atom. The van der Waals surface area contributed by atoms with Crippen molar-refractivity contribution in [3.63, 3.8) is 0 Å². The van der Waals surface area contributed by atoms with Crippen molar-refractivity contribution in [1.82, 2.24) is 4.90 Å². The lowest BCUT2D eigenvalue weighted by Gasteiger charge is -2.36. The van der Waals surface area contributed by atoms with Gasteiger partial charge < -0.3 is 10.6 Å². The van der Waals surface area contributed by atoms with E-state index in [0.717, 1.165) is 18.1 Å². The zero-order valence-corrected chi connectivity index (χ0v) is 13.1. The van der Waals surface area contributed by atoms with Gasteiger partial charge in [-0.3, -0.25) is 0 Å². The number of likely N-dealkylation sites (N-methyl/N-ethyl adjacent to an activating group) is 1. The summed E-state index contributed by atoms with van der Waals surface area (Å²) in [5.41, 5.74) is 6.23. The van der Waals surface area contributed by atoms with E-state index in [1.165, 1.54) is 12.1 Å². The van der Waals surface area contributed by atoms with Crippen molar-refractivity contribution in [1.29, 1.82) is 0 Å². The Morgan fingerprint density at radius 3 is 2.95 bits per heavy atom. The molecule has 0 saturated carbocycles. The monoisotopic (exact) mass is 350 g/mol. The third-order valence-electron chi connectivity index (χ3n) is 3.52. The lowest BCUT2D eigenvalue weighted by atomic mass is 9.99. The Kier molecular flexibility index (Phi) is 5.22. The maximum absolute atomic E-state index is 13.9. The van der Waals surface area contributed by atoms with Crippen LogP contribution < -0.4 is 5.73 Å². The van der Waals surface area contributed by atoms with Gasteiger partial charge in [0.05, 0.1) is 4.47 Å². The van der Waals surface area contributed by atoms with E-state index >= 15 is 0 Å². The van der Waals surface area contributed by atoms with Gasteiger partial charge in [-0.15, -0.1) is 0 Å². The van der Waals surface area contributed by atoms with Crippen LogP contribution in [-0.2, 0) is 6.42 Å². The number of rotatable bonds is 3. The molecule has 2 nitrogen and oxygen atoms in total. The molecule has 1 aliphatic rings. The Morgan fingerprint density at radius 2 is 2.26 bits per heavy atom. The molecule has 6 heteroatoms. The van der Waals surface area contributed by atoms with Gasteiger partial charge in [0.25, 0.3) is 0 Å². The number of nitrogens with two attached hydrogens (primary N) is 1. The minimum atomic E-state index is -0.540. The van der Waals surface area contributed by atoms with Crippen molar-refractivity contribution >= 4 is 27.7 Å². The minimum absolute atomic E-state index is 0.0749. The molecule has 0 aliphatic carbocycles. The number of thioether (sulfide) groups is 1. The van der Waals surface area contributed by atoms with Crippen LogP contribution in [0.2, 0.25) is 0 Å². The minimum Gasteiger partial charge on any atom is -0.326 e. The maximum atomic E-state index is 13.9. The predicted octanol–water partition coefficient (Wildman–Crippen LogP) is 2.64. The Balaban J connectivity index is 2.14. The topological polar surface area (TPSA) is 29.3 Å². The van der Waals surface area contributed by atoms with Crippen LogP contribution in [0.3, 0.4) is 0 Å². The van der Waals surface area contributed by atoms with E-state index in [2.05, 4.69) is 20.8 Å². The molecule has 2 rings (SSSR count). The molecule has 2 atom stereocenters. The van der Waals surface area contributed by atoms with Crippen molar-refractivity contribution in [2.24, 2.45) is 5.73 Å². The van der Waals surface area contributed by atoms with Crippen molar-refractivity contribution in [3.05, 3.63) is 33.8 Å². The summed E-state index contributed by atoms with van der Waals surface area (Å²) in [4.78, 5) is 2.18. The molecule has 1 aromatic rings. The summed E-state index contributed by atoms with van der Waals surface area (Å²) in [6, 6.07) is 2.55. The highest BCUT2D eigenvalue weighted by Gasteiger charge is 2.27. The van der Waals surface area contributed by atoms with Gasteiger partial charge >= 0.3 is 0 Å². The number of hydrogen-bond donors (Lipinski definition) is 1. The summed E-state index contributed by atoms with van der Waals surface area (Å²) in [6.45, 7) is 0.965. The zero-order chi connectivity index (χ0) is 14.0. The summed E-state index contributed by atoms with van der Waals surface area (Å²) < 4.78 is 27.9. The molecule has 19 heavy (non-hydrogen) atoms. The highest BCUT2D eigenvalue weighted by atomic mass is 79.9. The summed E-state index contributed by atoms with van der Waals surface area (Å²) in [6.07, 6.45) is 0.215. The van der Waals surface area contributed by atoms with E-state index in [0.29, 0.717) is 0 Å². The molecule has 2 N–H and O–H groups in total. The highest BCUT2D eigenvalue weighted by Crippen LogP contribution is 2.25. The zero-order valence-electron chi connectivity index (χ0n) is 10.7. The molecular weight excluding hydrogens is 334 g/mol. The lowest BCUT2D eigenvalue weighted by Crippen LogP contribution is -2.51. The summed E-state index contributed by atoms with van der Waals surface area (Å²) in [5, 5.41) is 0. The molecule has 106 valence electrons. The first-order valence-electron chi connectivity index (χ1n) is 6.16. The van der Waals surface area contributed by atoms with Crippen LogP contribution in [0.15, 0.2) is 16.6 Å². The second-order valence-corrected chi connectivity index (χ2v) is 6.82. The highest BCUT2D eigenvalue weighted by molar-refractivity contribution is 9.10. The van der Waals surface area contributed by atoms with Gasteiger partial charge in [-0.1, -0.05) is 0 Å². The van der Waals surface area contributed by atoms with E-state index < -0.39 is 11.6 Å². The summed E-state index contributed by atoms with van der Waals surface area (Å²) in [7, 11) is 2.01. The third kappa shape index (κ3) is 3.48. The van der Waals surface area contributed by atoms with Crippen LogP contribution in [0.5, 0.6) is 0 Å². The van der Waals surface area contributed by atoms with Gasteiger partial charge in [0.2, 0.25) is 0 Å². The van der Waals surface area contributed by atoms with Gasteiger partial charge in [0.15, 0.2) is 0 Å². The van der Waals surface area contributed by atoms with Crippen LogP contribution in [0.4, 0.5) is 8.78 Å². The van der Waals surface area contributed by atoms with Gasteiger partial charge in [-0.25, -0.2) is 8.78 Å². The standard InChI is InChI=1S/C13H17BrF2N2S/c1-18-4-5-19-7-12(18)11(17)6-8-10(15)3-2-9(14)13(8)16/h2-3,11-12H,4-7,17H2,1H3. The first-order chi connectivity index (χ1) is 9.00. The first-order valence-corrected chi connectivity index (χ1v) is 8.11. The number of hydrogen-bond acceptors (Lipinski definition) is 3. The average Bonchev–Trinajstić information content (AvgIpc) is 2.39. The molecule has 1 aromatic carbocycles. The molecule has 1 heterocycles. The molecule has 0 radical (unpaired) electrons. The average molecular weight is 351 g/mol. The molecule has 1 aliphatic heterocycles. The first kappa shape index (κ1) is 15.2. The Bertz CT molecular complexity index is 459. The van der Waals surface area contributed by atoms with Crippen molar-refractivity contribution in [2.75, 3.05) is 25.1 Å². The van der Waals surface area contributed by atoms with E-state index in [4.69, 9.17) is 5.73 Å². The van der Waals surface area contributed by atoms with E-state index in [1.807, 2.05) is 18.8 Å². The number of benzene rings is 1. The quantitative estimate of drug-likeness (QED) is 0.849. The van der Waals surface area contributed by atoms with Crippen LogP contribution in [0.1, 0.15) is 5.56 Å². The molecule has 0 bridgehead atoms. The fourth-order valence-corrected chi connectivity index (χ4v) is 3.98. The van der Waals surface area contributed by atoms with Crippen molar-refractivity contribution < 1.29 is 8.78 Å². The molecule has 0 amide bonds. The lowest BCUT2D eigenvalue weighted by molar-refractivity contribution is 0.234. The molecular formula is C13H17BrF2N2S. The largest absolute Gasteiger partial charge is 0.326 e. The normalized spacial score (nSPS) is 22.5. The fraction of sp³-hybridized carbons (Fsp3) is 0.538. The predicted molar refractivity (Wildman–Crippen MR) is 79.5 cm³/mol. The SMILES string of the molecule is CN1CCSCC1C(N)Cc1c(F)ccc(Br)c1F. The molecule has 0 aromatic heterocycles. The van der Waals surface area contributed by atoms with Crippen molar-refractivity contribution in [3.8, 4) is 0 Å². The second-order valence-electron chi connectivity index (χ2n) is 4.81. The smallest absolute Gasteiger partial charge is 0.143 e. The summed E-state index contributed by atoms with van der Waals surface area (Å²) in [5.74, 6) is 0.928. The molecule has 1 fully saturated rings. The van der Waals surface area contributed by atoms with Gasteiger partial charge in [-0.2, -0.15) is 11.8 Å². The van der Waals surface area contributed by atoms with Crippen LogP contribution in [0.25, 0.3) is 0 Å². The number of halogens is 3. The van der Waals surface area contributed by atoms with Crippen LogP contribution in [-0.4, -0.2) is 42.1 Å². The van der Waals surface area contributed by atoms with Crippen LogP contribution in [0, 0.1) is 11.6 Å². The fourth-order valence-electron chi connectivity index (χ4n) is 2.28. The Hall–Kier alpha value is -0.170. The van der Waals surface area contributed by atoms with E-state index in [-0.39, 0.29) is 28.5 Å². The van der Waals surface area contributed by atoms with E-state index in [1.54, 1.807) is 0 Å². The third-order valence-corrected chi connectivity index (χ3v) is 5.18. The maximum Gasteiger partial charge on any atom is 0.143 e. The molecule has 2 unspecified atom stereocenters.